The van der Waals surface area contributed by atoms with Gasteiger partial charge < -0.3 is 20.3 Å². The molecule has 0 heterocycles. The third-order valence-corrected chi connectivity index (χ3v) is 5.11. The molecule has 3 N–H and O–H groups in total. The fraction of sp³-hybridized carbons (Fsp3) is 0.810. The first-order valence-electron chi connectivity index (χ1n) is 10.3. The normalized spacial score (nSPS) is 14.3. The average Bonchev–Trinajstić information content (AvgIpc) is 2.66. The molecular weight excluding hydrogens is 410 g/mol. The molecule has 3 atom stereocenters. The summed E-state index contributed by atoms with van der Waals surface area (Å²) >= 11 is 1.55. The minimum atomic E-state index is -1.26. The molecule has 9 heteroatoms. The van der Waals surface area contributed by atoms with Gasteiger partial charge in [-0.3, -0.25) is 19.2 Å². The van der Waals surface area contributed by atoms with Crippen molar-refractivity contribution in [2.75, 3.05) is 25.2 Å². The van der Waals surface area contributed by atoms with Crippen LogP contribution in [0.3, 0.4) is 0 Å². The fourth-order valence-electron chi connectivity index (χ4n) is 2.75. The van der Waals surface area contributed by atoms with Gasteiger partial charge in [-0.25, -0.2) is 0 Å². The molecule has 0 saturated heterocycles. The number of hydrogen-bond acceptors (Lipinski definition) is 7. The van der Waals surface area contributed by atoms with Gasteiger partial charge in [0.2, 0.25) is 5.91 Å². The maximum absolute atomic E-state index is 12.9. The summed E-state index contributed by atoms with van der Waals surface area (Å²) in [6.45, 7) is 7.25. The number of thioether (sulfide) groups is 1. The summed E-state index contributed by atoms with van der Waals surface area (Å²) < 4.78 is 5.19. The third-order valence-electron chi connectivity index (χ3n) is 4.46. The van der Waals surface area contributed by atoms with E-state index in [1.165, 1.54) is 0 Å². The third kappa shape index (κ3) is 12.2. The number of aliphatic hydroxyl groups is 1. The summed E-state index contributed by atoms with van der Waals surface area (Å²) in [5.41, 5.74) is 0. The summed E-state index contributed by atoms with van der Waals surface area (Å²) in [6.07, 6.45) is 2.26. The standard InChI is InChI=1S/C21H37NO7S/c1-13(2)8-17(18(24)9-16(11-23)21(27)28)22-20(26)15(6-7-30-5)10-19(25)29-12-14(3)4/h13-17,23H,6-12H2,1-5H3,(H,22,26)(H,27,28). The second-order valence-electron chi connectivity index (χ2n) is 8.34. The summed E-state index contributed by atoms with van der Waals surface area (Å²) in [7, 11) is 0. The second-order valence-corrected chi connectivity index (χ2v) is 9.32. The Bertz CT molecular complexity index is 566. The Morgan fingerprint density at radius 3 is 2.10 bits per heavy atom. The number of rotatable bonds is 16. The minimum absolute atomic E-state index is 0.0733. The number of aliphatic carboxylic acids is 1. The number of ether oxygens (including phenoxy) is 1. The van der Waals surface area contributed by atoms with E-state index in [-0.39, 0.29) is 31.3 Å². The van der Waals surface area contributed by atoms with Crippen molar-refractivity contribution in [2.24, 2.45) is 23.7 Å². The predicted octanol–water partition coefficient (Wildman–Crippen LogP) is 2.13. The van der Waals surface area contributed by atoms with E-state index in [1.807, 2.05) is 34.0 Å². The molecule has 0 spiro atoms. The Hall–Kier alpha value is -1.61. The van der Waals surface area contributed by atoms with E-state index in [9.17, 15) is 24.3 Å². The Kier molecular flexibility index (Phi) is 14.4. The maximum Gasteiger partial charge on any atom is 0.309 e. The number of carbonyl (C=O) groups is 4. The van der Waals surface area contributed by atoms with Gasteiger partial charge >= 0.3 is 11.9 Å². The topological polar surface area (TPSA) is 130 Å². The number of ketones is 1. The van der Waals surface area contributed by atoms with Gasteiger partial charge in [0.05, 0.1) is 31.6 Å². The highest BCUT2D eigenvalue weighted by Crippen LogP contribution is 2.17. The van der Waals surface area contributed by atoms with Crippen molar-refractivity contribution in [1.29, 1.82) is 0 Å². The van der Waals surface area contributed by atoms with Gasteiger partial charge in [0, 0.05) is 12.3 Å². The lowest BCUT2D eigenvalue weighted by atomic mass is 9.92. The van der Waals surface area contributed by atoms with Crippen LogP contribution in [0.1, 0.15) is 53.4 Å². The molecule has 0 bridgehead atoms. The Balaban J connectivity index is 5.23. The molecule has 0 aromatic carbocycles. The lowest BCUT2D eigenvalue weighted by Gasteiger charge is -2.24. The van der Waals surface area contributed by atoms with E-state index < -0.39 is 48.1 Å². The van der Waals surface area contributed by atoms with Gasteiger partial charge in [-0.05, 0) is 36.7 Å². The molecule has 0 aliphatic heterocycles. The zero-order valence-corrected chi connectivity index (χ0v) is 19.5. The number of esters is 1. The molecule has 0 aliphatic rings. The number of carboxylic acids is 1. The van der Waals surface area contributed by atoms with Gasteiger partial charge in [0.25, 0.3) is 0 Å². The smallest absolute Gasteiger partial charge is 0.309 e. The van der Waals surface area contributed by atoms with Gasteiger partial charge in [0.1, 0.15) is 0 Å². The molecule has 0 rings (SSSR count). The molecule has 1 amide bonds. The van der Waals surface area contributed by atoms with Gasteiger partial charge in [-0.1, -0.05) is 27.7 Å². The van der Waals surface area contributed by atoms with Gasteiger partial charge in [0.15, 0.2) is 5.78 Å². The molecule has 0 aromatic rings. The molecule has 3 unspecified atom stereocenters. The van der Waals surface area contributed by atoms with E-state index in [0.717, 1.165) is 0 Å². The number of carboxylic acid groups (broad SMARTS) is 1. The summed E-state index contributed by atoms with van der Waals surface area (Å²) in [5.74, 6) is -3.47. The van der Waals surface area contributed by atoms with Crippen molar-refractivity contribution in [1.82, 2.24) is 5.32 Å². The average molecular weight is 448 g/mol. The zero-order chi connectivity index (χ0) is 23.3. The first-order valence-corrected chi connectivity index (χ1v) is 11.7. The van der Waals surface area contributed by atoms with E-state index in [4.69, 9.17) is 9.84 Å². The number of hydrogen-bond donors (Lipinski definition) is 3. The molecule has 0 radical (unpaired) electrons. The van der Waals surface area contributed by atoms with Crippen molar-refractivity contribution in [3.63, 3.8) is 0 Å². The zero-order valence-electron chi connectivity index (χ0n) is 18.7. The van der Waals surface area contributed by atoms with Crippen LogP contribution in [0.5, 0.6) is 0 Å². The first-order chi connectivity index (χ1) is 14.0. The Morgan fingerprint density at radius 2 is 1.63 bits per heavy atom. The van der Waals surface area contributed by atoms with Crippen molar-refractivity contribution < 1.29 is 34.1 Å². The number of aliphatic hydroxyl groups excluding tert-OH is 1. The highest BCUT2D eigenvalue weighted by molar-refractivity contribution is 7.98. The SMILES string of the molecule is CSCCC(CC(=O)OCC(C)C)C(=O)NC(CC(C)C)C(=O)CC(CO)C(=O)O. The number of nitrogens with one attached hydrogen (secondary N) is 1. The maximum atomic E-state index is 12.9. The van der Waals surface area contributed by atoms with Crippen LogP contribution in [0.2, 0.25) is 0 Å². The lowest BCUT2D eigenvalue weighted by molar-refractivity contribution is -0.148. The van der Waals surface area contributed by atoms with E-state index in [1.54, 1.807) is 11.8 Å². The minimum Gasteiger partial charge on any atom is -0.481 e. The largest absolute Gasteiger partial charge is 0.481 e. The van der Waals surface area contributed by atoms with Gasteiger partial charge in [-0.2, -0.15) is 11.8 Å². The second kappa shape index (κ2) is 15.2. The Labute approximate surface area is 183 Å². The van der Waals surface area contributed by atoms with Crippen molar-refractivity contribution in [3.8, 4) is 0 Å². The van der Waals surface area contributed by atoms with Crippen molar-refractivity contribution in [2.45, 2.75) is 59.4 Å². The van der Waals surface area contributed by atoms with E-state index >= 15 is 0 Å². The molecule has 30 heavy (non-hydrogen) atoms. The van der Waals surface area contributed by atoms with Crippen LogP contribution < -0.4 is 5.32 Å². The molecule has 8 nitrogen and oxygen atoms in total. The molecule has 0 saturated carbocycles. The number of Topliss-reactive ketones (excluding diaryl/α,β-unsaturated/α-hetero) is 1. The highest BCUT2D eigenvalue weighted by Gasteiger charge is 2.30. The van der Waals surface area contributed by atoms with Crippen LogP contribution in [-0.2, 0) is 23.9 Å². The molecule has 0 fully saturated rings. The molecule has 174 valence electrons. The monoisotopic (exact) mass is 447 g/mol. The fourth-order valence-corrected chi connectivity index (χ4v) is 3.27. The number of amides is 1. The van der Waals surface area contributed by atoms with Crippen LogP contribution in [-0.4, -0.2) is 65.1 Å². The highest BCUT2D eigenvalue weighted by atomic mass is 32.2. The van der Waals surface area contributed by atoms with Crippen LogP contribution in [0, 0.1) is 23.7 Å². The quantitative estimate of drug-likeness (QED) is 0.307. The van der Waals surface area contributed by atoms with Crippen molar-refractivity contribution in [3.05, 3.63) is 0 Å². The van der Waals surface area contributed by atoms with Gasteiger partial charge in [-0.15, -0.1) is 0 Å². The lowest BCUT2D eigenvalue weighted by Crippen LogP contribution is -2.46. The summed E-state index contributed by atoms with van der Waals surface area (Å²) in [4.78, 5) is 48.8. The summed E-state index contributed by atoms with van der Waals surface area (Å²) in [5, 5.41) is 21.0. The van der Waals surface area contributed by atoms with Crippen LogP contribution >= 0.6 is 11.8 Å². The van der Waals surface area contributed by atoms with Crippen LogP contribution in [0.25, 0.3) is 0 Å². The first kappa shape index (κ1) is 28.4. The Morgan fingerprint density at radius 1 is 1.00 bits per heavy atom. The van der Waals surface area contributed by atoms with E-state index in [0.29, 0.717) is 18.6 Å². The molecular formula is C21H37NO7S. The number of carbonyl (C=O) groups excluding carboxylic acids is 3. The van der Waals surface area contributed by atoms with Crippen LogP contribution in [0.15, 0.2) is 0 Å². The van der Waals surface area contributed by atoms with Crippen LogP contribution in [0.4, 0.5) is 0 Å². The van der Waals surface area contributed by atoms with Crippen molar-refractivity contribution >= 4 is 35.4 Å². The predicted molar refractivity (Wildman–Crippen MR) is 116 cm³/mol. The van der Waals surface area contributed by atoms with E-state index in [2.05, 4.69) is 5.32 Å². The summed E-state index contributed by atoms with van der Waals surface area (Å²) in [6, 6.07) is -0.866. The molecule has 0 aromatic heterocycles. The molecule has 0 aliphatic carbocycles.